The summed E-state index contributed by atoms with van der Waals surface area (Å²) in [6.07, 6.45) is -4.73. The van der Waals surface area contributed by atoms with Crippen molar-refractivity contribution in [3.8, 4) is 16.9 Å². The summed E-state index contributed by atoms with van der Waals surface area (Å²) in [6, 6.07) is 10.4. The Morgan fingerprint density at radius 3 is 2.42 bits per heavy atom. The van der Waals surface area contributed by atoms with Crippen molar-refractivity contribution in [2.45, 2.75) is 6.36 Å². The normalized spacial score (nSPS) is 11.4. The second kappa shape index (κ2) is 5.01. The number of benzene rings is 2. The summed E-state index contributed by atoms with van der Waals surface area (Å²) < 4.78 is 40.4. The molecule has 0 unspecified atom stereocenters. The smallest absolute Gasteiger partial charge is 0.406 e. The van der Waals surface area contributed by atoms with Crippen LogP contribution in [0.15, 0.2) is 42.5 Å². The van der Waals surface area contributed by atoms with Crippen LogP contribution in [0.2, 0.25) is 5.02 Å². The molecule has 0 saturated carbocycles. The van der Waals surface area contributed by atoms with Gasteiger partial charge in [-0.25, -0.2) is 0 Å². The van der Waals surface area contributed by atoms with Gasteiger partial charge in [-0.2, -0.15) is 0 Å². The number of anilines is 1. The predicted octanol–water partition coefficient (Wildman–Crippen LogP) is 4.49. The zero-order chi connectivity index (χ0) is 14.0. The van der Waals surface area contributed by atoms with Crippen molar-refractivity contribution in [1.29, 1.82) is 0 Å². The molecular formula is C13H9ClF3NO. The molecule has 2 nitrogen and oxygen atoms in total. The molecule has 2 N–H and O–H groups in total. The molecule has 0 aliphatic rings. The van der Waals surface area contributed by atoms with Gasteiger partial charge in [0.1, 0.15) is 5.75 Å². The minimum atomic E-state index is -4.73. The van der Waals surface area contributed by atoms with Crippen molar-refractivity contribution >= 4 is 17.3 Å². The van der Waals surface area contributed by atoms with Crippen molar-refractivity contribution in [2.24, 2.45) is 0 Å². The van der Waals surface area contributed by atoms with Crippen molar-refractivity contribution in [1.82, 2.24) is 0 Å². The highest BCUT2D eigenvalue weighted by molar-refractivity contribution is 6.30. The summed E-state index contributed by atoms with van der Waals surface area (Å²) in [7, 11) is 0. The zero-order valence-electron chi connectivity index (χ0n) is 9.54. The van der Waals surface area contributed by atoms with Crippen LogP contribution in [-0.2, 0) is 0 Å². The highest BCUT2D eigenvalue weighted by atomic mass is 35.5. The number of nitrogens with two attached hydrogens (primary N) is 1. The molecular weight excluding hydrogens is 279 g/mol. The van der Waals surface area contributed by atoms with Gasteiger partial charge in [-0.1, -0.05) is 23.7 Å². The average molecular weight is 288 g/mol. The molecule has 0 heterocycles. The van der Waals surface area contributed by atoms with Crippen molar-refractivity contribution in [3.63, 3.8) is 0 Å². The van der Waals surface area contributed by atoms with E-state index in [4.69, 9.17) is 17.3 Å². The Balaban J connectivity index is 2.43. The van der Waals surface area contributed by atoms with Gasteiger partial charge in [0.15, 0.2) is 0 Å². The molecule has 6 heteroatoms. The van der Waals surface area contributed by atoms with E-state index in [0.29, 0.717) is 21.8 Å². The Bertz CT molecular complexity index is 599. The van der Waals surface area contributed by atoms with E-state index in [-0.39, 0.29) is 5.75 Å². The van der Waals surface area contributed by atoms with Gasteiger partial charge in [-0.3, -0.25) is 0 Å². The number of halogens is 4. The highest BCUT2D eigenvalue weighted by Crippen LogP contribution is 2.33. The summed E-state index contributed by atoms with van der Waals surface area (Å²) in [5.41, 5.74) is 7.16. The van der Waals surface area contributed by atoms with Gasteiger partial charge in [-0.05, 0) is 35.9 Å². The number of rotatable bonds is 2. The molecule has 0 radical (unpaired) electrons. The van der Waals surface area contributed by atoms with Gasteiger partial charge in [-0.15, -0.1) is 13.2 Å². The molecule has 0 bridgehead atoms. The second-order valence-corrected chi connectivity index (χ2v) is 4.24. The van der Waals surface area contributed by atoms with Crippen molar-refractivity contribution < 1.29 is 17.9 Å². The predicted molar refractivity (Wildman–Crippen MR) is 68.0 cm³/mol. The number of hydrogen-bond donors (Lipinski definition) is 1. The number of nitrogen functional groups attached to an aromatic ring is 1. The van der Waals surface area contributed by atoms with Gasteiger partial charge in [0, 0.05) is 16.3 Å². The van der Waals surface area contributed by atoms with E-state index in [0.717, 1.165) is 6.07 Å². The average Bonchev–Trinajstić information content (AvgIpc) is 2.30. The monoisotopic (exact) mass is 287 g/mol. The molecule has 0 atom stereocenters. The van der Waals surface area contributed by atoms with Gasteiger partial charge in [0.05, 0.1) is 0 Å². The van der Waals surface area contributed by atoms with E-state index in [9.17, 15) is 13.2 Å². The summed E-state index contributed by atoms with van der Waals surface area (Å²) in [4.78, 5) is 0. The molecule has 100 valence electrons. The Morgan fingerprint density at radius 2 is 1.79 bits per heavy atom. The minimum absolute atomic E-state index is 0.323. The van der Waals surface area contributed by atoms with Gasteiger partial charge in [0.2, 0.25) is 0 Å². The van der Waals surface area contributed by atoms with E-state index >= 15 is 0 Å². The lowest BCUT2D eigenvalue weighted by molar-refractivity contribution is -0.274. The van der Waals surface area contributed by atoms with Crippen LogP contribution in [0, 0.1) is 0 Å². The molecule has 0 aromatic heterocycles. The standard InChI is InChI=1S/C13H9ClF3NO/c14-9-3-1-2-8(6-9)11-7-10(4-5-12(11)18)19-13(15,16)17/h1-7H,18H2. The fourth-order valence-corrected chi connectivity index (χ4v) is 1.83. The minimum Gasteiger partial charge on any atom is -0.406 e. The van der Waals surface area contributed by atoms with Crippen LogP contribution in [-0.4, -0.2) is 6.36 Å². The molecule has 0 saturated heterocycles. The van der Waals surface area contributed by atoms with Crippen LogP contribution in [0.5, 0.6) is 5.75 Å². The van der Waals surface area contributed by atoms with Crippen LogP contribution in [0.1, 0.15) is 0 Å². The molecule has 2 aromatic carbocycles. The van der Waals surface area contributed by atoms with Crippen LogP contribution < -0.4 is 10.5 Å². The summed E-state index contributed by atoms with van der Waals surface area (Å²) in [6.45, 7) is 0. The summed E-state index contributed by atoms with van der Waals surface area (Å²) >= 11 is 5.84. The topological polar surface area (TPSA) is 35.2 Å². The maximum Gasteiger partial charge on any atom is 0.573 e. The number of ether oxygens (including phenoxy) is 1. The van der Waals surface area contributed by atoms with Crippen LogP contribution in [0.4, 0.5) is 18.9 Å². The molecule has 0 amide bonds. The summed E-state index contributed by atoms with van der Waals surface area (Å²) in [5.74, 6) is -0.323. The highest BCUT2D eigenvalue weighted by Gasteiger charge is 2.31. The third-order valence-corrected chi connectivity index (χ3v) is 2.63. The molecule has 0 fully saturated rings. The third kappa shape index (κ3) is 3.54. The first kappa shape index (κ1) is 13.5. The molecule has 2 aromatic rings. The van der Waals surface area contributed by atoms with E-state index in [1.54, 1.807) is 24.3 Å². The lowest BCUT2D eigenvalue weighted by Crippen LogP contribution is -2.17. The first-order valence-electron chi connectivity index (χ1n) is 5.26. The van der Waals surface area contributed by atoms with Crippen molar-refractivity contribution in [3.05, 3.63) is 47.5 Å². The van der Waals surface area contributed by atoms with E-state index in [2.05, 4.69) is 4.74 Å². The molecule has 0 aliphatic carbocycles. The van der Waals surface area contributed by atoms with E-state index < -0.39 is 6.36 Å². The van der Waals surface area contributed by atoms with Gasteiger partial charge in [0.25, 0.3) is 0 Å². The van der Waals surface area contributed by atoms with Crippen LogP contribution in [0.3, 0.4) is 0 Å². The fraction of sp³-hybridized carbons (Fsp3) is 0.0769. The third-order valence-electron chi connectivity index (χ3n) is 2.39. The molecule has 0 spiro atoms. The summed E-state index contributed by atoms with van der Waals surface area (Å²) in [5, 5.41) is 0.471. The SMILES string of the molecule is Nc1ccc(OC(F)(F)F)cc1-c1cccc(Cl)c1. The van der Waals surface area contributed by atoms with E-state index in [1.165, 1.54) is 12.1 Å². The fourth-order valence-electron chi connectivity index (χ4n) is 1.64. The second-order valence-electron chi connectivity index (χ2n) is 3.81. The quantitative estimate of drug-likeness (QED) is 0.826. The lowest BCUT2D eigenvalue weighted by Gasteiger charge is -2.12. The molecule has 0 aliphatic heterocycles. The largest absolute Gasteiger partial charge is 0.573 e. The lowest BCUT2D eigenvalue weighted by atomic mass is 10.0. The van der Waals surface area contributed by atoms with E-state index in [1.807, 2.05) is 0 Å². The Morgan fingerprint density at radius 1 is 1.05 bits per heavy atom. The molecule has 19 heavy (non-hydrogen) atoms. The van der Waals surface area contributed by atoms with Crippen molar-refractivity contribution in [2.75, 3.05) is 5.73 Å². The first-order valence-corrected chi connectivity index (χ1v) is 5.64. The zero-order valence-corrected chi connectivity index (χ0v) is 10.3. The maximum absolute atomic E-state index is 12.2. The van der Waals surface area contributed by atoms with Crippen LogP contribution in [0.25, 0.3) is 11.1 Å². The first-order chi connectivity index (χ1) is 8.85. The number of hydrogen-bond acceptors (Lipinski definition) is 2. The molecule has 2 rings (SSSR count). The Kier molecular flexibility index (Phi) is 3.57. The Hall–Kier alpha value is -1.88. The number of alkyl halides is 3. The van der Waals surface area contributed by atoms with Crippen LogP contribution >= 0.6 is 11.6 Å². The van der Waals surface area contributed by atoms with Gasteiger partial charge >= 0.3 is 6.36 Å². The van der Waals surface area contributed by atoms with Gasteiger partial charge < -0.3 is 10.5 Å². The Labute approximate surface area is 112 Å². The maximum atomic E-state index is 12.2.